The van der Waals surface area contributed by atoms with E-state index in [0.717, 1.165) is 45.6 Å². The highest BCUT2D eigenvalue weighted by molar-refractivity contribution is 5.97. The number of anilines is 1. The van der Waals surface area contributed by atoms with E-state index in [1.807, 2.05) is 49.4 Å². The van der Waals surface area contributed by atoms with Gasteiger partial charge >= 0.3 is 0 Å². The molecule has 4 aromatic rings. The van der Waals surface area contributed by atoms with Crippen LogP contribution in [-0.2, 0) is 6.54 Å². The van der Waals surface area contributed by atoms with Crippen molar-refractivity contribution in [1.82, 2.24) is 0 Å². The maximum Gasteiger partial charge on any atom is 0.160 e. The zero-order valence-corrected chi connectivity index (χ0v) is 15.6. The van der Waals surface area contributed by atoms with E-state index in [-0.39, 0.29) is 0 Å². The van der Waals surface area contributed by atoms with E-state index in [9.17, 15) is 8.78 Å². The minimum atomic E-state index is -0.887. The normalized spacial score (nSPS) is 11.0. The van der Waals surface area contributed by atoms with E-state index < -0.39 is 11.6 Å². The first-order valence-electron chi connectivity index (χ1n) is 8.91. The number of fused-ring (bicyclic) bond motifs is 1. The van der Waals surface area contributed by atoms with Crippen LogP contribution in [0.3, 0.4) is 0 Å². The van der Waals surface area contributed by atoms with E-state index in [0.29, 0.717) is 18.0 Å². The average molecular weight is 379 g/mol. The van der Waals surface area contributed by atoms with Crippen LogP contribution in [0.1, 0.15) is 11.3 Å². The summed E-state index contributed by atoms with van der Waals surface area (Å²) in [5.74, 6) is -0.236. The van der Waals surface area contributed by atoms with Gasteiger partial charge in [-0.2, -0.15) is 0 Å². The van der Waals surface area contributed by atoms with Crippen molar-refractivity contribution < 1.29 is 17.9 Å². The maximum atomic E-state index is 13.4. The molecule has 0 radical (unpaired) electrons. The Balaban J connectivity index is 1.71. The Bertz CT molecular complexity index is 1140. The number of hydrogen-bond acceptors (Lipinski definition) is 3. The molecule has 142 valence electrons. The Hall–Kier alpha value is -3.34. The predicted octanol–water partition coefficient (Wildman–Crippen LogP) is 6.31. The van der Waals surface area contributed by atoms with E-state index in [2.05, 4.69) is 5.32 Å². The van der Waals surface area contributed by atoms with Crippen LogP contribution in [0.15, 0.2) is 65.1 Å². The number of ether oxygens (including phenoxy) is 1. The Morgan fingerprint density at radius 2 is 1.75 bits per heavy atom. The van der Waals surface area contributed by atoms with Crippen LogP contribution >= 0.6 is 0 Å². The molecule has 3 nitrogen and oxygen atoms in total. The smallest absolute Gasteiger partial charge is 0.160 e. The van der Waals surface area contributed by atoms with Gasteiger partial charge in [-0.25, -0.2) is 8.78 Å². The van der Waals surface area contributed by atoms with E-state index in [1.165, 1.54) is 6.07 Å². The fourth-order valence-corrected chi connectivity index (χ4v) is 3.38. The Morgan fingerprint density at radius 3 is 2.46 bits per heavy atom. The number of furan rings is 1. The van der Waals surface area contributed by atoms with Crippen LogP contribution in [0.25, 0.3) is 22.1 Å². The molecule has 0 aliphatic carbocycles. The third kappa shape index (κ3) is 3.31. The van der Waals surface area contributed by atoms with Crippen LogP contribution in [0.2, 0.25) is 0 Å². The van der Waals surface area contributed by atoms with Gasteiger partial charge in [-0.15, -0.1) is 0 Å². The second kappa shape index (κ2) is 7.35. The predicted molar refractivity (Wildman–Crippen MR) is 107 cm³/mol. The number of nitrogens with one attached hydrogen (secondary N) is 1. The zero-order valence-electron chi connectivity index (χ0n) is 15.6. The van der Waals surface area contributed by atoms with E-state index in [4.69, 9.17) is 9.15 Å². The lowest BCUT2D eigenvalue weighted by molar-refractivity contribution is 0.410. The molecule has 0 amide bonds. The molecule has 0 spiro atoms. The van der Waals surface area contributed by atoms with Crippen molar-refractivity contribution in [2.24, 2.45) is 0 Å². The van der Waals surface area contributed by atoms with Crippen molar-refractivity contribution in [2.75, 3.05) is 12.4 Å². The van der Waals surface area contributed by atoms with Crippen molar-refractivity contribution in [3.05, 3.63) is 83.6 Å². The van der Waals surface area contributed by atoms with Gasteiger partial charge in [0.2, 0.25) is 0 Å². The standard InChI is InChI=1S/C23H19F2NO2/c1-14-23(15-6-4-3-5-7-15)18-12-21(27-2)16(10-22(18)28-14)13-26-17-8-9-19(24)20(25)11-17/h3-12,26H,13H2,1-2H3. The highest BCUT2D eigenvalue weighted by Crippen LogP contribution is 2.38. The minimum Gasteiger partial charge on any atom is -0.496 e. The monoisotopic (exact) mass is 379 g/mol. The van der Waals surface area contributed by atoms with Crippen molar-refractivity contribution in [3.63, 3.8) is 0 Å². The average Bonchev–Trinajstić information content (AvgIpc) is 3.03. The SMILES string of the molecule is COc1cc2c(-c3ccccc3)c(C)oc2cc1CNc1ccc(F)c(F)c1. The van der Waals surface area contributed by atoms with Crippen molar-refractivity contribution in [3.8, 4) is 16.9 Å². The lowest BCUT2D eigenvalue weighted by atomic mass is 10.0. The van der Waals surface area contributed by atoms with E-state index in [1.54, 1.807) is 7.11 Å². The van der Waals surface area contributed by atoms with Gasteiger partial charge in [0.1, 0.15) is 17.1 Å². The highest BCUT2D eigenvalue weighted by atomic mass is 19.2. The first-order valence-corrected chi connectivity index (χ1v) is 8.91. The minimum absolute atomic E-state index is 0.380. The van der Waals surface area contributed by atoms with Gasteiger partial charge in [0, 0.05) is 34.8 Å². The molecule has 0 saturated heterocycles. The Kier molecular flexibility index (Phi) is 4.74. The number of aryl methyl sites for hydroxylation is 1. The molecule has 28 heavy (non-hydrogen) atoms. The summed E-state index contributed by atoms with van der Waals surface area (Å²) in [6.07, 6.45) is 0. The number of rotatable bonds is 5. The zero-order chi connectivity index (χ0) is 19.7. The number of methoxy groups -OCH3 is 1. The first-order chi connectivity index (χ1) is 13.6. The summed E-state index contributed by atoms with van der Waals surface area (Å²) in [4.78, 5) is 0. The first kappa shape index (κ1) is 18.0. The lowest BCUT2D eigenvalue weighted by Gasteiger charge is -2.11. The van der Waals surface area contributed by atoms with Crippen LogP contribution in [0.4, 0.5) is 14.5 Å². The fraction of sp³-hybridized carbons (Fsp3) is 0.130. The molecule has 3 aromatic carbocycles. The number of hydrogen-bond donors (Lipinski definition) is 1. The molecule has 1 heterocycles. The molecule has 1 aromatic heterocycles. The molecular weight excluding hydrogens is 360 g/mol. The van der Waals surface area contributed by atoms with Gasteiger partial charge in [0.25, 0.3) is 0 Å². The largest absolute Gasteiger partial charge is 0.496 e. The molecule has 0 atom stereocenters. The number of benzene rings is 3. The molecule has 1 N–H and O–H groups in total. The lowest BCUT2D eigenvalue weighted by Crippen LogP contribution is -2.02. The fourth-order valence-electron chi connectivity index (χ4n) is 3.38. The highest BCUT2D eigenvalue weighted by Gasteiger charge is 2.16. The summed E-state index contributed by atoms with van der Waals surface area (Å²) in [6, 6.07) is 17.6. The van der Waals surface area contributed by atoms with E-state index >= 15 is 0 Å². The van der Waals surface area contributed by atoms with Gasteiger partial charge in [0.05, 0.1) is 7.11 Å². The molecule has 0 bridgehead atoms. The Labute approximate surface area is 161 Å². The quantitative estimate of drug-likeness (QED) is 0.441. The summed E-state index contributed by atoms with van der Waals surface area (Å²) in [5.41, 5.74) is 4.21. The van der Waals surface area contributed by atoms with Gasteiger partial charge in [-0.05, 0) is 36.8 Å². The van der Waals surface area contributed by atoms with Crippen LogP contribution in [-0.4, -0.2) is 7.11 Å². The molecule has 0 saturated carbocycles. The summed E-state index contributed by atoms with van der Waals surface area (Å²) >= 11 is 0. The maximum absolute atomic E-state index is 13.4. The summed E-state index contributed by atoms with van der Waals surface area (Å²) < 4.78 is 38.1. The molecule has 4 rings (SSSR count). The van der Waals surface area contributed by atoms with Crippen LogP contribution < -0.4 is 10.1 Å². The van der Waals surface area contributed by atoms with Crippen LogP contribution in [0.5, 0.6) is 5.75 Å². The molecule has 0 aliphatic rings. The third-order valence-corrected chi connectivity index (χ3v) is 4.73. The number of halogens is 2. The molecule has 0 fully saturated rings. The Morgan fingerprint density at radius 1 is 0.964 bits per heavy atom. The van der Waals surface area contributed by atoms with Gasteiger partial charge < -0.3 is 14.5 Å². The van der Waals surface area contributed by atoms with Gasteiger partial charge in [0.15, 0.2) is 11.6 Å². The summed E-state index contributed by atoms with van der Waals surface area (Å²) in [6.45, 7) is 2.32. The second-order valence-corrected chi connectivity index (χ2v) is 6.54. The molecule has 0 unspecified atom stereocenters. The summed E-state index contributed by atoms with van der Waals surface area (Å²) in [5, 5.41) is 4.06. The second-order valence-electron chi connectivity index (χ2n) is 6.54. The topological polar surface area (TPSA) is 34.4 Å². The molecule has 5 heteroatoms. The molecule has 0 aliphatic heterocycles. The van der Waals surface area contributed by atoms with Crippen molar-refractivity contribution in [2.45, 2.75) is 13.5 Å². The third-order valence-electron chi connectivity index (χ3n) is 4.73. The van der Waals surface area contributed by atoms with Crippen LogP contribution in [0, 0.1) is 18.6 Å². The van der Waals surface area contributed by atoms with Gasteiger partial charge in [-0.3, -0.25) is 0 Å². The molecular formula is C23H19F2NO2. The van der Waals surface area contributed by atoms with Crippen molar-refractivity contribution >= 4 is 16.7 Å². The van der Waals surface area contributed by atoms with Gasteiger partial charge in [-0.1, -0.05) is 30.3 Å². The summed E-state index contributed by atoms with van der Waals surface area (Å²) in [7, 11) is 1.61. The van der Waals surface area contributed by atoms with Crippen molar-refractivity contribution in [1.29, 1.82) is 0 Å².